The molecule has 1 aromatic rings. The van der Waals surface area contributed by atoms with Crippen LogP contribution in [0, 0.1) is 11.8 Å². The highest BCUT2D eigenvalue weighted by Crippen LogP contribution is 2.35. The summed E-state index contributed by atoms with van der Waals surface area (Å²) in [5, 5.41) is 11.7. The Morgan fingerprint density at radius 2 is 2.00 bits per heavy atom. The van der Waals surface area contributed by atoms with Crippen LogP contribution in [0.25, 0.3) is 0 Å². The normalized spacial score (nSPS) is 23.9. The molecule has 0 spiro atoms. The molecule has 0 aromatic heterocycles. The van der Waals surface area contributed by atoms with E-state index in [0.717, 1.165) is 0 Å². The van der Waals surface area contributed by atoms with E-state index in [1.54, 1.807) is 18.2 Å². The SMILES string of the molecule is O=C1COc2ccc(C(=O)C3CCC(C(=O)O)C3)cc2N1. The van der Waals surface area contributed by atoms with Crippen LogP contribution >= 0.6 is 0 Å². The average molecular weight is 289 g/mol. The standard InChI is InChI=1S/C15H15NO5/c17-13-7-21-12-4-3-9(6-11(12)16-13)14(18)8-1-2-10(5-8)15(19)20/h3-4,6,8,10H,1-2,5,7H2,(H,16,17)(H,19,20). The molecule has 2 unspecified atom stereocenters. The number of Topliss-reactive ketones (excluding diaryl/α,β-unsaturated/α-hetero) is 1. The zero-order valence-electron chi connectivity index (χ0n) is 11.3. The average Bonchev–Trinajstić information content (AvgIpc) is 2.95. The van der Waals surface area contributed by atoms with Crippen LogP contribution in [0.3, 0.4) is 0 Å². The van der Waals surface area contributed by atoms with Crippen LogP contribution in [0.2, 0.25) is 0 Å². The number of aliphatic carboxylic acids is 1. The van der Waals surface area contributed by atoms with Crippen molar-refractivity contribution in [2.45, 2.75) is 19.3 Å². The highest BCUT2D eigenvalue weighted by Gasteiger charge is 2.34. The van der Waals surface area contributed by atoms with Crippen molar-refractivity contribution in [3.05, 3.63) is 23.8 Å². The summed E-state index contributed by atoms with van der Waals surface area (Å²) < 4.78 is 5.24. The fourth-order valence-electron chi connectivity index (χ4n) is 2.92. The Bertz CT molecular complexity index is 624. The maximum Gasteiger partial charge on any atom is 0.306 e. The second-order valence-electron chi connectivity index (χ2n) is 5.46. The lowest BCUT2D eigenvalue weighted by atomic mass is 9.94. The smallest absolute Gasteiger partial charge is 0.306 e. The van der Waals surface area contributed by atoms with Crippen molar-refractivity contribution in [3.63, 3.8) is 0 Å². The first kappa shape index (κ1) is 13.6. The van der Waals surface area contributed by atoms with Crippen LogP contribution in [-0.4, -0.2) is 29.4 Å². The monoisotopic (exact) mass is 289 g/mol. The van der Waals surface area contributed by atoms with Crippen molar-refractivity contribution in [1.82, 2.24) is 0 Å². The Balaban J connectivity index is 1.78. The molecule has 1 aromatic carbocycles. The molecule has 6 nitrogen and oxygen atoms in total. The zero-order chi connectivity index (χ0) is 15.0. The van der Waals surface area contributed by atoms with Gasteiger partial charge >= 0.3 is 5.97 Å². The minimum Gasteiger partial charge on any atom is -0.482 e. The molecular formula is C15H15NO5. The summed E-state index contributed by atoms with van der Waals surface area (Å²) in [5.74, 6) is -1.30. The van der Waals surface area contributed by atoms with Crippen LogP contribution < -0.4 is 10.1 Å². The van der Waals surface area contributed by atoms with E-state index in [9.17, 15) is 14.4 Å². The summed E-state index contributed by atoms with van der Waals surface area (Å²) in [4.78, 5) is 34.7. The topological polar surface area (TPSA) is 92.7 Å². The largest absolute Gasteiger partial charge is 0.482 e. The number of hydrogen-bond donors (Lipinski definition) is 2. The third-order valence-corrected chi connectivity index (χ3v) is 4.05. The predicted molar refractivity (Wildman–Crippen MR) is 73.4 cm³/mol. The molecule has 0 saturated heterocycles. The van der Waals surface area contributed by atoms with Gasteiger partial charge in [-0.15, -0.1) is 0 Å². The number of rotatable bonds is 3. The molecule has 1 amide bonds. The molecule has 2 aliphatic rings. The van der Waals surface area contributed by atoms with Gasteiger partial charge in [-0.05, 0) is 37.5 Å². The number of carbonyl (C=O) groups is 3. The number of ketones is 1. The maximum atomic E-state index is 12.4. The van der Waals surface area contributed by atoms with E-state index in [0.29, 0.717) is 36.3 Å². The minimum atomic E-state index is -0.837. The number of benzene rings is 1. The van der Waals surface area contributed by atoms with Gasteiger partial charge in [0.2, 0.25) is 0 Å². The van der Waals surface area contributed by atoms with Gasteiger partial charge in [-0.3, -0.25) is 14.4 Å². The van der Waals surface area contributed by atoms with Crippen molar-refractivity contribution in [2.75, 3.05) is 11.9 Å². The van der Waals surface area contributed by atoms with E-state index in [1.165, 1.54) is 0 Å². The minimum absolute atomic E-state index is 0.0246. The zero-order valence-corrected chi connectivity index (χ0v) is 11.3. The number of carboxylic acid groups (broad SMARTS) is 1. The summed E-state index contributed by atoms with van der Waals surface area (Å²) in [6.07, 6.45) is 1.51. The van der Waals surface area contributed by atoms with Crippen molar-refractivity contribution >= 4 is 23.3 Å². The number of anilines is 1. The van der Waals surface area contributed by atoms with Gasteiger partial charge < -0.3 is 15.2 Å². The molecular weight excluding hydrogens is 274 g/mol. The molecule has 1 aliphatic heterocycles. The fraction of sp³-hybridized carbons (Fsp3) is 0.400. The van der Waals surface area contributed by atoms with Gasteiger partial charge in [0.1, 0.15) is 5.75 Å². The molecule has 6 heteroatoms. The third kappa shape index (κ3) is 2.61. The van der Waals surface area contributed by atoms with Crippen molar-refractivity contribution in [3.8, 4) is 5.75 Å². The molecule has 1 fully saturated rings. The Kier molecular flexibility index (Phi) is 3.37. The number of hydrogen-bond acceptors (Lipinski definition) is 4. The number of carbonyl (C=O) groups excluding carboxylic acids is 2. The van der Waals surface area contributed by atoms with E-state index in [4.69, 9.17) is 9.84 Å². The second kappa shape index (κ2) is 5.20. The summed E-state index contributed by atoms with van der Waals surface area (Å²) >= 11 is 0. The predicted octanol–water partition coefficient (Wildman–Crippen LogP) is 1.70. The Morgan fingerprint density at radius 3 is 2.71 bits per heavy atom. The highest BCUT2D eigenvalue weighted by molar-refractivity contribution is 6.02. The molecule has 21 heavy (non-hydrogen) atoms. The van der Waals surface area contributed by atoms with Crippen LogP contribution in [0.4, 0.5) is 5.69 Å². The van der Waals surface area contributed by atoms with E-state index >= 15 is 0 Å². The molecule has 0 radical (unpaired) electrons. The van der Waals surface area contributed by atoms with E-state index < -0.39 is 11.9 Å². The first-order valence-electron chi connectivity index (χ1n) is 6.88. The van der Waals surface area contributed by atoms with Crippen LogP contribution in [0.15, 0.2) is 18.2 Å². The first-order chi connectivity index (χ1) is 10.0. The van der Waals surface area contributed by atoms with E-state index in [-0.39, 0.29) is 24.2 Å². The molecule has 1 saturated carbocycles. The summed E-state index contributed by atoms with van der Waals surface area (Å²) in [7, 11) is 0. The quantitative estimate of drug-likeness (QED) is 0.826. The summed E-state index contributed by atoms with van der Waals surface area (Å²) in [5.41, 5.74) is 0.973. The first-order valence-corrected chi connectivity index (χ1v) is 6.88. The molecule has 110 valence electrons. The number of nitrogens with one attached hydrogen (secondary N) is 1. The second-order valence-corrected chi connectivity index (χ2v) is 5.46. The van der Waals surface area contributed by atoms with Crippen LogP contribution in [0.1, 0.15) is 29.6 Å². The number of amides is 1. The summed E-state index contributed by atoms with van der Waals surface area (Å²) in [6.45, 7) is -0.0246. The van der Waals surface area contributed by atoms with Crippen LogP contribution in [0.5, 0.6) is 5.75 Å². The van der Waals surface area contributed by atoms with E-state index in [1.807, 2.05) is 0 Å². The molecule has 1 aliphatic carbocycles. The Morgan fingerprint density at radius 1 is 1.24 bits per heavy atom. The highest BCUT2D eigenvalue weighted by atomic mass is 16.5. The Labute approximate surface area is 121 Å². The lowest BCUT2D eigenvalue weighted by Gasteiger charge is -2.19. The van der Waals surface area contributed by atoms with Crippen molar-refractivity contribution in [2.24, 2.45) is 11.8 Å². The molecule has 0 bridgehead atoms. The van der Waals surface area contributed by atoms with Gasteiger partial charge in [-0.2, -0.15) is 0 Å². The van der Waals surface area contributed by atoms with Gasteiger partial charge in [-0.25, -0.2) is 0 Å². The number of ether oxygens (including phenoxy) is 1. The van der Waals surface area contributed by atoms with Gasteiger partial charge in [0.25, 0.3) is 5.91 Å². The Hall–Kier alpha value is -2.37. The van der Waals surface area contributed by atoms with Gasteiger partial charge in [0.15, 0.2) is 12.4 Å². The number of fused-ring (bicyclic) bond motifs is 1. The van der Waals surface area contributed by atoms with Crippen molar-refractivity contribution < 1.29 is 24.2 Å². The maximum absolute atomic E-state index is 12.4. The molecule has 3 rings (SSSR count). The molecule has 2 N–H and O–H groups in total. The van der Waals surface area contributed by atoms with Crippen LogP contribution in [-0.2, 0) is 9.59 Å². The fourth-order valence-corrected chi connectivity index (χ4v) is 2.92. The third-order valence-electron chi connectivity index (χ3n) is 4.05. The molecule has 1 heterocycles. The number of carboxylic acids is 1. The lowest BCUT2D eigenvalue weighted by molar-refractivity contribution is -0.141. The summed E-state index contributed by atoms with van der Waals surface area (Å²) in [6, 6.07) is 4.92. The van der Waals surface area contributed by atoms with Gasteiger partial charge in [0.05, 0.1) is 11.6 Å². The lowest BCUT2D eigenvalue weighted by Crippen LogP contribution is -2.25. The van der Waals surface area contributed by atoms with Crippen molar-refractivity contribution in [1.29, 1.82) is 0 Å². The van der Waals surface area contributed by atoms with Gasteiger partial charge in [-0.1, -0.05) is 0 Å². The molecule has 2 atom stereocenters. The van der Waals surface area contributed by atoms with Gasteiger partial charge in [0, 0.05) is 11.5 Å². The van der Waals surface area contributed by atoms with E-state index in [2.05, 4.69) is 5.32 Å².